The van der Waals surface area contributed by atoms with Crippen LogP contribution in [0.25, 0.3) is 0 Å². The molecule has 0 aromatic carbocycles. The van der Waals surface area contributed by atoms with Crippen LogP contribution in [0.3, 0.4) is 0 Å². The molecular formula is C11H22. The summed E-state index contributed by atoms with van der Waals surface area (Å²) in [6.07, 6.45) is 5.17. The fraction of sp³-hybridized carbons (Fsp3) is 0.636. The van der Waals surface area contributed by atoms with Crippen LogP contribution in [0.1, 0.15) is 41.0 Å². The number of hydrogen-bond donors (Lipinski definition) is 0. The fourth-order valence-electron chi connectivity index (χ4n) is 0.333. The van der Waals surface area contributed by atoms with Crippen molar-refractivity contribution in [1.82, 2.24) is 0 Å². The van der Waals surface area contributed by atoms with Gasteiger partial charge in [-0.3, -0.25) is 0 Å². The second kappa shape index (κ2) is 9.48. The van der Waals surface area contributed by atoms with Crippen LogP contribution in [0.5, 0.6) is 0 Å². The van der Waals surface area contributed by atoms with Crippen LogP contribution in [0, 0.1) is 5.92 Å². The van der Waals surface area contributed by atoms with E-state index in [1.807, 2.05) is 13.0 Å². The maximum atomic E-state index is 3.60. The molecule has 0 aromatic rings. The first-order valence-corrected chi connectivity index (χ1v) is 4.25. The molecule has 0 spiro atoms. The summed E-state index contributed by atoms with van der Waals surface area (Å²) in [6, 6.07) is 0. The van der Waals surface area contributed by atoms with Gasteiger partial charge in [-0.2, -0.15) is 0 Å². The molecular weight excluding hydrogens is 132 g/mol. The summed E-state index contributed by atoms with van der Waals surface area (Å²) in [5, 5.41) is 0. The molecule has 0 heterocycles. The molecule has 0 aliphatic rings. The molecule has 11 heavy (non-hydrogen) atoms. The summed E-state index contributed by atoms with van der Waals surface area (Å²) in [7, 11) is 0. The Bertz CT molecular complexity index is 103. The van der Waals surface area contributed by atoms with Gasteiger partial charge in [0.1, 0.15) is 0 Å². The lowest BCUT2D eigenvalue weighted by Gasteiger charge is -1.92. The topological polar surface area (TPSA) is 0 Å². The summed E-state index contributed by atoms with van der Waals surface area (Å²) in [4.78, 5) is 0. The molecule has 0 fully saturated rings. The van der Waals surface area contributed by atoms with Crippen molar-refractivity contribution in [3.8, 4) is 0 Å². The van der Waals surface area contributed by atoms with Crippen molar-refractivity contribution in [3.05, 3.63) is 24.3 Å². The zero-order valence-corrected chi connectivity index (χ0v) is 8.65. The van der Waals surface area contributed by atoms with Gasteiger partial charge in [-0.25, -0.2) is 0 Å². The second-order valence-electron chi connectivity index (χ2n) is 3.28. The zero-order valence-electron chi connectivity index (χ0n) is 8.65. The Morgan fingerprint density at radius 3 is 1.73 bits per heavy atom. The van der Waals surface area contributed by atoms with Crippen molar-refractivity contribution in [2.24, 2.45) is 5.92 Å². The van der Waals surface area contributed by atoms with Gasteiger partial charge in [0.25, 0.3) is 0 Å². The van der Waals surface area contributed by atoms with Gasteiger partial charge in [0.15, 0.2) is 0 Å². The average Bonchev–Trinajstić information content (AvgIpc) is 1.89. The Kier molecular flexibility index (Phi) is 11.3. The molecule has 0 bridgehead atoms. The minimum absolute atomic E-state index is 0.780. The van der Waals surface area contributed by atoms with Gasteiger partial charge in [-0.05, 0) is 33.1 Å². The quantitative estimate of drug-likeness (QED) is 0.523. The van der Waals surface area contributed by atoms with Gasteiger partial charge in [-0.15, -0.1) is 6.58 Å². The Labute approximate surface area is 72.0 Å². The van der Waals surface area contributed by atoms with Crippen molar-refractivity contribution in [2.75, 3.05) is 0 Å². The maximum Gasteiger partial charge on any atom is -0.0330 e. The predicted octanol–water partition coefficient (Wildman–Crippen LogP) is 4.19. The van der Waals surface area contributed by atoms with E-state index in [1.54, 1.807) is 0 Å². The Morgan fingerprint density at radius 1 is 1.36 bits per heavy atom. The van der Waals surface area contributed by atoms with Crippen molar-refractivity contribution in [2.45, 2.75) is 41.0 Å². The number of rotatable bonds is 2. The highest BCUT2D eigenvalue weighted by Gasteiger charge is 1.82. The molecule has 0 saturated heterocycles. The molecule has 0 aliphatic heterocycles. The lowest BCUT2D eigenvalue weighted by molar-refractivity contribution is 0.664. The minimum atomic E-state index is 0.780. The Morgan fingerprint density at radius 2 is 1.73 bits per heavy atom. The molecule has 0 radical (unpaired) electrons. The number of allylic oxidation sites excluding steroid dienone is 3. The van der Waals surface area contributed by atoms with Gasteiger partial charge in [-0.1, -0.05) is 31.6 Å². The third-order valence-corrected chi connectivity index (χ3v) is 1.22. The molecule has 0 unspecified atom stereocenters. The van der Waals surface area contributed by atoms with E-state index in [4.69, 9.17) is 0 Å². The van der Waals surface area contributed by atoms with E-state index in [9.17, 15) is 0 Å². The van der Waals surface area contributed by atoms with Crippen molar-refractivity contribution in [1.29, 1.82) is 0 Å². The van der Waals surface area contributed by atoms with Crippen LogP contribution in [0.15, 0.2) is 24.3 Å². The van der Waals surface area contributed by atoms with E-state index in [2.05, 4.69) is 40.3 Å². The molecule has 0 amide bonds. The third kappa shape index (κ3) is 26.4. The molecule has 0 rings (SSSR count). The normalized spacial score (nSPS) is 8.18. The monoisotopic (exact) mass is 154 g/mol. The Hall–Kier alpha value is -0.520. The molecule has 0 N–H and O–H groups in total. The maximum absolute atomic E-state index is 3.60. The molecule has 0 nitrogen and oxygen atoms in total. The molecule has 0 heteroatoms. The molecule has 0 saturated carbocycles. The van der Waals surface area contributed by atoms with Crippen molar-refractivity contribution >= 4 is 0 Å². The zero-order chi connectivity index (χ0) is 9.28. The van der Waals surface area contributed by atoms with Crippen LogP contribution in [-0.2, 0) is 0 Å². The first-order chi connectivity index (χ1) is 5.04. The largest absolute Gasteiger partial charge is 0.103 e. The van der Waals surface area contributed by atoms with Crippen LogP contribution in [0.2, 0.25) is 0 Å². The third-order valence-electron chi connectivity index (χ3n) is 1.22. The van der Waals surface area contributed by atoms with Gasteiger partial charge in [0, 0.05) is 0 Å². The highest BCUT2D eigenvalue weighted by Crippen LogP contribution is 1.96. The minimum Gasteiger partial charge on any atom is -0.103 e. The highest BCUT2D eigenvalue weighted by molar-refractivity contribution is 4.88. The van der Waals surface area contributed by atoms with E-state index in [-0.39, 0.29) is 0 Å². The van der Waals surface area contributed by atoms with E-state index >= 15 is 0 Å². The van der Waals surface area contributed by atoms with Crippen LogP contribution >= 0.6 is 0 Å². The van der Waals surface area contributed by atoms with E-state index in [1.165, 1.54) is 5.57 Å². The van der Waals surface area contributed by atoms with Gasteiger partial charge < -0.3 is 0 Å². The molecule has 66 valence electrons. The van der Waals surface area contributed by atoms with Gasteiger partial charge in [0.05, 0.1) is 0 Å². The van der Waals surface area contributed by atoms with Gasteiger partial charge >= 0.3 is 0 Å². The number of hydrogen-bond acceptors (Lipinski definition) is 0. The summed E-state index contributed by atoms with van der Waals surface area (Å²) in [6.45, 7) is 14.2. The molecule has 0 aromatic heterocycles. The molecule has 0 aliphatic carbocycles. The molecule has 0 atom stereocenters. The first kappa shape index (κ1) is 13.1. The van der Waals surface area contributed by atoms with E-state index < -0.39 is 0 Å². The summed E-state index contributed by atoms with van der Waals surface area (Å²) < 4.78 is 0. The predicted molar refractivity (Wildman–Crippen MR) is 54.8 cm³/mol. The summed E-state index contributed by atoms with van der Waals surface area (Å²) >= 11 is 0. The van der Waals surface area contributed by atoms with Crippen molar-refractivity contribution < 1.29 is 0 Å². The first-order valence-electron chi connectivity index (χ1n) is 4.25. The van der Waals surface area contributed by atoms with E-state index in [0.29, 0.717) is 0 Å². The van der Waals surface area contributed by atoms with Crippen LogP contribution < -0.4 is 0 Å². The second-order valence-corrected chi connectivity index (χ2v) is 3.28. The van der Waals surface area contributed by atoms with Crippen LogP contribution in [-0.4, -0.2) is 0 Å². The lowest BCUT2D eigenvalue weighted by atomic mass is 10.1. The standard InChI is InChI=1S/C6H12.C5H10/c1-4-5-6(2)3;1-4-5(2)3/h4,6H,1,5H2,2-3H3;4H,1-3H3. The summed E-state index contributed by atoms with van der Waals surface area (Å²) in [5.41, 5.74) is 1.38. The highest BCUT2D eigenvalue weighted by atomic mass is 13.9. The van der Waals surface area contributed by atoms with Crippen molar-refractivity contribution in [3.63, 3.8) is 0 Å². The smallest absolute Gasteiger partial charge is 0.0330 e. The SMILES string of the molecule is C=CCC(C)C.CC=C(C)C. The average molecular weight is 154 g/mol. The Balaban J connectivity index is 0. The fourth-order valence-corrected chi connectivity index (χ4v) is 0.333. The lowest BCUT2D eigenvalue weighted by Crippen LogP contribution is -1.78. The van der Waals surface area contributed by atoms with Gasteiger partial charge in [0.2, 0.25) is 0 Å². The van der Waals surface area contributed by atoms with E-state index in [0.717, 1.165) is 12.3 Å². The van der Waals surface area contributed by atoms with Crippen LogP contribution in [0.4, 0.5) is 0 Å². The summed E-state index contributed by atoms with van der Waals surface area (Å²) in [5.74, 6) is 0.780.